The Morgan fingerprint density at radius 2 is 2.00 bits per heavy atom. The second-order valence-electron chi connectivity index (χ2n) is 4.51. The number of rotatable bonds is 6. The third-order valence-electron chi connectivity index (χ3n) is 2.55. The van der Waals surface area contributed by atoms with Gasteiger partial charge in [-0.3, -0.25) is 0 Å². The Morgan fingerprint density at radius 3 is 2.65 bits per heavy atom. The van der Waals surface area contributed by atoms with Crippen LogP contribution in [0.5, 0.6) is 0 Å². The number of hydrogen-bond donors (Lipinski definition) is 2. The number of benzene rings is 1. The van der Waals surface area contributed by atoms with Crippen molar-refractivity contribution < 1.29 is 13.5 Å². The van der Waals surface area contributed by atoms with Crippen molar-refractivity contribution in [2.75, 3.05) is 33.8 Å². The van der Waals surface area contributed by atoms with Gasteiger partial charge in [-0.25, -0.2) is 13.1 Å². The molecule has 0 fully saturated rings. The van der Waals surface area contributed by atoms with Gasteiger partial charge in [0.05, 0.1) is 4.90 Å². The van der Waals surface area contributed by atoms with Crippen LogP contribution in [0.1, 0.15) is 12.0 Å². The van der Waals surface area contributed by atoms with Crippen LogP contribution in [0.25, 0.3) is 0 Å². The number of aliphatic hydroxyl groups excluding tert-OH is 1. The first-order valence-corrected chi connectivity index (χ1v) is 7.79. The molecule has 0 aliphatic rings. The van der Waals surface area contributed by atoms with Gasteiger partial charge in [-0.05, 0) is 39.2 Å². The maximum absolute atomic E-state index is 12.2. The molecule has 0 amide bonds. The molecule has 0 spiro atoms. The van der Waals surface area contributed by atoms with Gasteiger partial charge in [0.1, 0.15) is 6.61 Å². The third-order valence-corrected chi connectivity index (χ3v) is 4.07. The van der Waals surface area contributed by atoms with Crippen LogP contribution in [-0.2, 0) is 10.0 Å². The van der Waals surface area contributed by atoms with Crippen molar-refractivity contribution in [3.63, 3.8) is 0 Å². The maximum Gasteiger partial charge on any atom is 0.241 e. The second kappa shape index (κ2) is 8.02. The minimum atomic E-state index is -3.57. The van der Waals surface area contributed by atoms with E-state index in [4.69, 9.17) is 5.11 Å². The summed E-state index contributed by atoms with van der Waals surface area (Å²) in [5.41, 5.74) is 0.390. The van der Waals surface area contributed by atoms with Gasteiger partial charge in [-0.2, -0.15) is 0 Å². The number of nitrogens with zero attached hydrogens (tertiary/aromatic N) is 1. The smallest absolute Gasteiger partial charge is 0.241 e. The zero-order valence-corrected chi connectivity index (χ0v) is 12.6. The van der Waals surface area contributed by atoms with E-state index in [0.29, 0.717) is 12.1 Å². The molecule has 0 unspecified atom stereocenters. The lowest BCUT2D eigenvalue weighted by Gasteiger charge is -2.11. The van der Waals surface area contributed by atoms with Gasteiger partial charge in [0.2, 0.25) is 10.0 Å². The first-order valence-electron chi connectivity index (χ1n) is 6.30. The molecule has 6 heteroatoms. The van der Waals surface area contributed by atoms with Crippen molar-refractivity contribution in [1.82, 2.24) is 9.62 Å². The predicted molar refractivity (Wildman–Crippen MR) is 78.8 cm³/mol. The van der Waals surface area contributed by atoms with E-state index in [0.717, 1.165) is 13.0 Å². The van der Waals surface area contributed by atoms with Gasteiger partial charge >= 0.3 is 0 Å². The predicted octanol–water partition coefficient (Wildman–Crippen LogP) is 0.260. The number of hydrogen-bond acceptors (Lipinski definition) is 4. The molecule has 110 valence electrons. The summed E-state index contributed by atoms with van der Waals surface area (Å²) in [5.74, 6) is 5.12. The minimum absolute atomic E-state index is 0.144. The summed E-state index contributed by atoms with van der Waals surface area (Å²) < 4.78 is 27.0. The molecule has 0 heterocycles. The van der Waals surface area contributed by atoms with Crippen LogP contribution in [0.3, 0.4) is 0 Å². The van der Waals surface area contributed by atoms with Crippen molar-refractivity contribution in [2.24, 2.45) is 0 Å². The maximum atomic E-state index is 12.2. The lowest BCUT2D eigenvalue weighted by molar-refractivity contribution is 0.350. The van der Waals surface area contributed by atoms with Gasteiger partial charge in [-0.15, -0.1) is 0 Å². The molecular weight excluding hydrogens is 276 g/mol. The SMILES string of the molecule is CN(C)CCCNS(=O)(=O)c1ccccc1C#CCO. The highest BCUT2D eigenvalue weighted by atomic mass is 32.2. The molecule has 20 heavy (non-hydrogen) atoms. The second-order valence-corrected chi connectivity index (χ2v) is 6.25. The van der Waals surface area contributed by atoms with E-state index in [1.54, 1.807) is 18.2 Å². The van der Waals surface area contributed by atoms with Crippen LogP contribution in [-0.4, -0.2) is 52.2 Å². The largest absolute Gasteiger partial charge is 0.384 e. The fraction of sp³-hybridized carbons (Fsp3) is 0.429. The molecular formula is C14H20N2O3S. The molecule has 1 aromatic carbocycles. The summed E-state index contributed by atoms with van der Waals surface area (Å²) in [6.07, 6.45) is 0.733. The summed E-state index contributed by atoms with van der Waals surface area (Å²) in [6, 6.07) is 6.50. The highest BCUT2D eigenvalue weighted by Crippen LogP contribution is 2.14. The van der Waals surface area contributed by atoms with Crippen molar-refractivity contribution in [3.8, 4) is 11.8 Å². The monoisotopic (exact) mass is 296 g/mol. The lowest BCUT2D eigenvalue weighted by Crippen LogP contribution is -2.27. The molecule has 1 rings (SSSR count). The van der Waals surface area contributed by atoms with E-state index in [1.165, 1.54) is 6.07 Å². The Hall–Kier alpha value is -1.39. The van der Waals surface area contributed by atoms with Gasteiger partial charge in [0, 0.05) is 12.1 Å². The standard InChI is InChI=1S/C14H20N2O3S/c1-16(2)11-6-10-15-20(18,19)14-9-4-3-7-13(14)8-5-12-17/h3-4,7,9,15,17H,6,10-12H2,1-2H3. The molecule has 1 aromatic rings. The van der Waals surface area contributed by atoms with Gasteiger partial charge in [-0.1, -0.05) is 24.0 Å². The van der Waals surface area contributed by atoms with Gasteiger partial charge in [0.25, 0.3) is 0 Å². The topological polar surface area (TPSA) is 69.6 Å². The number of aliphatic hydroxyl groups is 1. The molecule has 2 N–H and O–H groups in total. The van der Waals surface area contributed by atoms with Gasteiger partial charge in [0.15, 0.2) is 0 Å². The Kier molecular flexibility index (Phi) is 6.68. The van der Waals surface area contributed by atoms with Crippen LogP contribution in [0, 0.1) is 11.8 Å². The van der Waals surface area contributed by atoms with Crippen molar-refractivity contribution in [3.05, 3.63) is 29.8 Å². The molecule has 5 nitrogen and oxygen atoms in total. The van der Waals surface area contributed by atoms with Crippen LogP contribution in [0.15, 0.2) is 29.2 Å². The summed E-state index contributed by atoms with van der Waals surface area (Å²) in [6.45, 7) is 0.890. The van der Waals surface area contributed by atoms with E-state index < -0.39 is 10.0 Å². The Labute approximate surface area is 120 Å². The summed E-state index contributed by atoms with van der Waals surface area (Å²) in [4.78, 5) is 2.14. The fourth-order valence-corrected chi connectivity index (χ4v) is 2.85. The third kappa shape index (κ3) is 5.31. The highest BCUT2D eigenvalue weighted by Gasteiger charge is 2.16. The first kappa shape index (κ1) is 16.7. The average molecular weight is 296 g/mol. The quantitative estimate of drug-likeness (QED) is 0.584. The highest BCUT2D eigenvalue weighted by molar-refractivity contribution is 7.89. The molecule has 0 saturated carbocycles. The number of sulfonamides is 1. The molecule has 0 atom stereocenters. The summed E-state index contributed by atoms with van der Waals surface area (Å²) in [7, 11) is 0.306. The zero-order chi connectivity index (χ0) is 15.0. The Balaban J connectivity index is 2.82. The van der Waals surface area contributed by atoms with Crippen molar-refractivity contribution in [2.45, 2.75) is 11.3 Å². The fourth-order valence-electron chi connectivity index (χ4n) is 1.62. The normalized spacial score (nSPS) is 11.2. The molecule has 0 aliphatic heterocycles. The molecule has 0 radical (unpaired) electrons. The van der Waals surface area contributed by atoms with E-state index in [-0.39, 0.29) is 11.5 Å². The van der Waals surface area contributed by atoms with Crippen molar-refractivity contribution in [1.29, 1.82) is 0 Å². The van der Waals surface area contributed by atoms with Crippen LogP contribution in [0.4, 0.5) is 0 Å². The van der Waals surface area contributed by atoms with E-state index in [2.05, 4.69) is 16.6 Å². The summed E-state index contributed by atoms with van der Waals surface area (Å²) >= 11 is 0. The first-order chi connectivity index (χ1) is 9.47. The summed E-state index contributed by atoms with van der Waals surface area (Å²) in [5, 5.41) is 8.70. The van der Waals surface area contributed by atoms with Gasteiger partial charge < -0.3 is 10.0 Å². The Morgan fingerprint density at radius 1 is 1.30 bits per heavy atom. The zero-order valence-electron chi connectivity index (χ0n) is 11.8. The molecule has 0 bridgehead atoms. The average Bonchev–Trinajstić information content (AvgIpc) is 2.41. The van der Waals surface area contributed by atoms with Crippen LogP contribution >= 0.6 is 0 Å². The van der Waals surface area contributed by atoms with Crippen molar-refractivity contribution >= 4 is 10.0 Å². The Bertz CT molecular complexity index is 586. The van der Waals surface area contributed by atoms with E-state index >= 15 is 0 Å². The van der Waals surface area contributed by atoms with E-state index in [9.17, 15) is 8.42 Å². The lowest BCUT2D eigenvalue weighted by atomic mass is 10.2. The minimum Gasteiger partial charge on any atom is -0.384 e. The van der Waals surface area contributed by atoms with Crippen LogP contribution < -0.4 is 4.72 Å². The number of nitrogens with one attached hydrogen (secondary N) is 1. The van der Waals surface area contributed by atoms with E-state index in [1.807, 2.05) is 19.0 Å². The molecule has 0 aromatic heterocycles. The van der Waals surface area contributed by atoms with Crippen LogP contribution in [0.2, 0.25) is 0 Å². The molecule has 0 saturated heterocycles. The molecule has 0 aliphatic carbocycles.